The lowest BCUT2D eigenvalue weighted by Gasteiger charge is -2.14. The zero-order chi connectivity index (χ0) is 23.9. The van der Waals surface area contributed by atoms with E-state index in [2.05, 4.69) is 38.6 Å². The van der Waals surface area contributed by atoms with E-state index < -0.39 is 5.91 Å². The van der Waals surface area contributed by atoms with Gasteiger partial charge >= 0.3 is 5.91 Å². The van der Waals surface area contributed by atoms with Gasteiger partial charge in [-0.2, -0.15) is 5.10 Å². The molecule has 0 atom stereocenters. The molecular formula is C27H25N5O2. The van der Waals surface area contributed by atoms with Crippen LogP contribution in [0.4, 0.5) is 5.69 Å². The lowest BCUT2D eigenvalue weighted by molar-refractivity contribution is 0.0990. The quantitative estimate of drug-likeness (QED) is 0.306. The minimum absolute atomic E-state index is 0.0388. The maximum atomic E-state index is 12.6. The number of benzene rings is 3. The summed E-state index contributed by atoms with van der Waals surface area (Å²) < 4.78 is 1.79. The summed E-state index contributed by atoms with van der Waals surface area (Å²) in [6.07, 6.45) is 0. The van der Waals surface area contributed by atoms with Gasteiger partial charge in [0.1, 0.15) is 0 Å². The molecule has 170 valence electrons. The Morgan fingerprint density at radius 2 is 1.71 bits per heavy atom. The zero-order valence-corrected chi connectivity index (χ0v) is 19.3. The van der Waals surface area contributed by atoms with Gasteiger partial charge in [-0.25, -0.2) is 0 Å². The Bertz CT molecular complexity index is 1550. The standard InChI is InChI=1S/C27H25N5O2/c1-27(2,3)23-15-21(28-29-23)25(33)31-30-24-20-13-6-7-14-22(20)32(26(24)34)16-18-11-8-10-17-9-4-5-12-19(17)18/h4-15,34H,16H2,1-3H3,(H,28,29). The largest absolute Gasteiger partial charge is 0.493 e. The molecule has 5 aromatic rings. The van der Waals surface area contributed by atoms with E-state index in [1.165, 1.54) is 0 Å². The summed E-state index contributed by atoms with van der Waals surface area (Å²) in [5.74, 6) is -0.611. The van der Waals surface area contributed by atoms with Gasteiger partial charge in [0.2, 0.25) is 5.88 Å². The summed E-state index contributed by atoms with van der Waals surface area (Å²) in [6.45, 7) is 6.53. The SMILES string of the molecule is CC(C)(C)c1cc(C(=O)N=Nc2c(O)n(Cc3cccc4ccccc34)c3ccccc23)n[nH]1. The lowest BCUT2D eigenvalue weighted by Crippen LogP contribution is -2.11. The molecule has 0 fully saturated rings. The highest BCUT2D eigenvalue weighted by Crippen LogP contribution is 2.39. The Morgan fingerprint density at radius 3 is 2.47 bits per heavy atom. The van der Waals surface area contributed by atoms with Crippen molar-refractivity contribution < 1.29 is 9.90 Å². The molecule has 3 aromatic carbocycles. The summed E-state index contributed by atoms with van der Waals surface area (Å²) in [5, 5.41) is 29.1. The van der Waals surface area contributed by atoms with Crippen LogP contribution in [-0.2, 0) is 12.0 Å². The molecular weight excluding hydrogens is 426 g/mol. The van der Waals surface area contributed by atoms with Gasteiger partial charge in [-0.05, 0) is 28.5 Å². The van der Waals surface area contributed by atoms with Crippen LogP contribution < -0.4 is 0 Å². The van der Waals surface area contributed by atoms with Crippen molar-refractivity contribution in [3.05, 3.63) is 89.7 Å². The Morgan fingerprint density at radius 1 is 1.00 bits per heavy atom. The number of hydrogen-bond donors (Lipinski definition) is 2. The molecule has 1 amide bonds. The first-order chi connectivity index (χ1) is 16.3. The van der Waals surface area contributed by atoms with E-state index in [1.807, 2.05) is 69.3 Å². The van der Waals surface area contributed by atoms with Gasteiger partial charge in [-0.15, -0.1) is 10.2 Å². The number of fused-ring (bicyclic) bond motifs is 2. The molecule has 7 nitrogen and oxygen atoms in total. The van der Waals surface area contributed by atoms with Crippen LogP contribution in [0.5, 0.6) is 5.88 Å². The molecule has 0 unspecified atom stereocenters. The van der Waals surface area contributed by atoms with E-state index >= 15 is 0 Å². The summed E-state index contributed by atoms with van der Waals surface area (Å²) in [5.41, 5.74) is 2.99. The van der Waals surface area contributed by atoms with Gasteiger partial charge in [0.05, 0.1) is 12.1 Å². The van der Waals surface area contributed by atoms with Crippen LogP contribution in [0.2, 0.25) is 0 Å². The van der Waals surface area contributed by atoms with Crippen molar-refractivity contribution in [1.29, 1.82) is 0 Å². The number of nitrogens with one attached hydrogen (secondary N) is 1. The Kier molecular flexibility index (Phi) is 5.24. The van der Waals surface area contributed by atoms with Gasteiger partial charge < -0.3 is 9.67 Å². The van der Waals surface area contributed by atoms with Crippen LogP contribution in [0.1, 0.15) is 42.5 Å². The van der Waals surface area contributed by atoms with Crippen LogP contribution in [0.3, 0.4) is 0 Å². The molecule has 5 rings (SSSR count). The van der Waals surface area contributed by atoms with Gasteiger partial charge in [-0.3, -0.25) is 9.89 Å². The normalized spacial score (nSPS) is 12.2. The maximum Gasteiger partial charge on any atom is 0.315 e. The molecule has 0 spiro atoms. The molecule has 0 saturated heterocycles. The van der Waals surface area contributed by atoms with Crippen molar-refractivity contribution in [3.8, 4) is 5.88 Å². The van der Waals surface area contributed by atoms with Gasteiger partial charge in [0.25, 0.3) is 0 Å². The molecule has 0 radical (unpaired) electrons. The summed E-state index contributed by atoms with van der Waals surface area (Å²) >= 11 is 0. The maximum absolute atomic E-state index is 12.6. The van der Waals surface area contributed by atoms with Gasteiger partial charge in [0.15, 0.2) is 11.4 Å². The molecule has 7 heteroatoms. The van der Waals surface area contributed by atoms with E-state index in [1.54, 1.807) is 10.6 Å². The number of amides is 1. The Balaban J connectivity index is 1.52. The highest BCUT2D eigenvalue weighted by atomic mass is 16.3. The van der Waals surface area contributed by atoms with E-state index in [0.717, 1.165) is 27.5 Å². The molecule has 2 heterocycles. The monoisotopic (exact) mass is 451 g/mol. The van der Waals surface area contributed by atoms with E-state index in [0.29, 0.717) is 11.9 Å². The van der Waals surface area contributed by atoms with E-state index in [-0.39, 0.29) is 22.7 Å². The number of aromatic amines is 1. The van der Waals surface area contributed by atoms with E-state index in [9.17, 15) is 9.90 Å². The number of H-pyrrole nitrogens is 1. The predicted molar refractivity (Wildman–Crippen MR) is 133 cm³/mol. The number of para-hydroxylation sites is 1. The second-order valence-corrected chi connectivity index (χ2v) is 9.34. The third-order valence-corrected chi connectivity index (χ3v) is 5.97. The van der Waals surface area contributed by atoms with Crippen LogP contribution in [0, 0.1) is 0 Å². The highest BCUT2D eigenvalue weighted by molar-refractivity contribution is 5.97. The van der Waals surface area contributed by atoms with Crippen molar-refractivity contribution in [1.82, 2.24) is 14.8 Å². The highest BCUT2D eigenvalue weighted by Gasteiger charge is 2.21. The molecule has 34 heavy (non-hydrogen) atoms. The number of nitrogens with zero attached hydrogens (tertiary/aromatic N) is 4. The molecule has 0 bridgehead atoms. The predicted octanol–water partition coefficient (Wildman–Crippen LogP) is 6.49. The summed E-state index contributed by atoms with van der Waals surface area (Å²) in [7, 11) is 0. The number of carbonyl (C=O) groups excluding carboxylic acids is 1. The third kappa shape index (κ3) is 3.85. The number of aromatic nitrogens is 3. The van der Waals surface area contributed by atoms with Gasteiger partial charge in [0, 0.05) is 16.5 Å². The van der Waals surface area contributed by atoms with Crippen molar-refractivity contribution in [2.45, 2.75) is 32.7 Å². The zero-order valence-electron chi connectivity index (χ0n) is 19.3. The Hall–Kier alpha value is -4.26. The number of rotatable bonds is 4. The van der Waals surface area contributed by atoms with E-state index in [4.69, 9.17) is 0 Å². The van der Waals surface area contributed by atoms with Crippen molar-refractivity contribution >= 4 is 33.3 Å². The molecule has 0 aliphatic rings. The fourth-order valence-corrected chi connectivity index (χ4v) is 4.09. The first kappa shape index (κ1) is 21.6. The third-order valence-electron chi connectivity index (χ3n) is 5.97. The number of hydrogen-bond acceptors (Lipinski definition) is 4. The van der Waals surface area contributed by atoms with Crippen LogP contribution >= 0.6 is 0 Å². The second-order valence-electron chi connectivity index (χ2n) is 9.34. The van der Waals surface area contributed by atoms with Crippen molar-refractivity contribution in [3.63, 3.8) is 0 Å². The molecule has 2 N–H and O–H groups in total. The van der Waals surface area contributed by atoms with Crippen molar-refractivity contribution in [2.24, 2.45) is 10.2 Å². The minimum atomic E-state index is -0.572. The van der Waals surface area contributed by atoms with Crippen LogP contribution in [0.15, 0.2) is 83.0 Å². The van der Waals surface area contributed by atoms with Gasteiger partial charge in [-0.1, -0.05) is 81.4 Å². The average molecular weight is 452 g/mol. The van der Waals surface area contributed by atoms with Crippen molar-refractivity contribution in [2.75, 3.05) is 0 Å². The average Bonchev–Trinajstić information content (AvgIpc) is 3.43. The molecule has 2 aromatic heterocycles. The first-order valence-electron chi connectivity index (χ1n) is 11.1. The summed E-state index contributed by atoms with van der Waals surface area (Å²) in [4.78, 5) is 12.6. The topological polar surface area (TPSA) is 95.6 Å². The Labute approximate surface area is 196 Å². The fourth-order valence-electron chi connectivity index (χ4n) is 4.09. The van der Waals surface area contributed by atoms with Crippen LogP contribution in [-0.4, -0.2) is 25.8 Å². The number of aromatic hydroxyl groups is 1. The van der Waals surface area contributed by atoms with Crippen LogP contribution in [0.25, 0.3) is 21.7 Å². The summed E-state index contributed by atoms with van der Waals surface area (Å²) in [6, 6.07) is 23.5. The molecule has 0 aliphatic heterocycles. The lowest BCUT2D eigenvalue weighted by atomic mass is 9.92. The number of azo groups is 1. The number of carbonyl (C=O) groups is 1. The fraction of sp³-hybridized carbons (Fsp3) is 0.185. The smallest absolute Gasteiger partial charge is 0.315 e. The molecule has 0 saturated carbocycles. The molecule has 0 aliphatic carbocycles. The second kappa shape index (κ2) is 8.26. The minimum Gasteiger partial charge on any atom is -0.493 e. The first-order valence-corrected chi connectivity index (χ1v) is 11.1.